The van der Waals surface area contributed by atoms with E-state index in [4.69, 9.17) is 9.97 Å². The molecule has 2 unspecified atom stereocenters. The normalized spacial score (nSPS) is 16.9. The summed E-state index contributed by atoms with van der Waals surface area (Å²) >= 11 is 0. The molecule has 7 heteroatoms. The number of carbonyl (C=O) groups is 1. The van der Waals surface area contributed by atoms with Crippen molar-refractivity contribution < 1.29 is 29.4 Å². The minimum atomic E-state index is -0.769. The monoisotopic (exact) mass is 574 g/mol. The van der Waals surface area contributed by atoms with Gasteiger partial charge in [-0.2, -0.15) is 0 Å². The Labute approximate surface area is 243 Å². The Kier molecular flexibility index (Phi) is 8.32. The van der Waals surface area contributed by atoms with E-state index in [9.17, 15) is 9.90 Å². The maximum Gasteiger partial charge on any atom is 0.303 e. The van der Waals surface area contributed by atoms with Gasteiger partial charge in [0.1, 0.15) is 0 Å². The van der Waals surface area contributed by atoms with Gasteiger partial charge in [0.05, 0.1) is 11.4 Å². The van der Waals surface area contributed by atoms with Gasteiger partial charge in [0.15, 0.2) is 0 Å². The summed E-state index contributed by atoms with van der Waals surface area (Å²) in [6, 6.07) is 8.70. The van der Waals surface area contributed by atoms with Crippen molar-refractivity contribution in [3.63, 3.8) is 0 Å². The zero-order valence-corrected chi connectivity index (χ0v) is 27.2. The molecule has 0 saturated heterocycles. The number of aliphatic carboxylic acids is 1. The average molecular weight is 576 g/mol. The largest absolute Gasteiger partial charge is 0.481 e. The van der Waals surface area contributed by atoms with Gasteiger partial charge < -0.3 is 15.1 Å². The van der Waals surface area contributed by atoms with Gasteiger partial charge in [0.25, 0.3) is 0 Å². The Morgan fingerprint density at radius 2 is 1.54 bits per heavy atom. The molecule has 0 saturated carbocycles. The van der Waals surface area contributed by atoms with Gasteiger partial charge in [-0.25, -0.2) is 4.98 Å². The molecule has 5 heterocycles. The van der Waals surface area contributed by atoms with Crippen LogP contribution >= 0.6 is 0 Å². The third-order valence-corrected chi connectivity index (χ3v) is 8.58. The molecule has 3 aromatic heterocycles. The number of aromatic amines is 2. The first-order valence-electron chi connectivity index (χ1n) is 13.8. The van der Waals surface area contributed by atoms with Crippen molar-refractivity contribution in [3.8, 4) is 0 Å². The molecular formula is C32H38N4O2Zn. The van der Waals surface area contributed by atoms with E-state index in [1.807, 2.05) is 0 Å². The predicted molar refractivity (Wildman–Crippen MR) is 155 cm³/mol. The second-order valence-corrected chi connectivity index (χ2v) is 10.8. The van der Waals surface area contributed by atoms with Crippen LogP contribution in [-0.4, -0.2) is 31.0 Å². The standard InChI is InChI=1S/C32H38N4O2.Zn/c1-8-21-18(5)27-15-30-22(9-2)17(4)26(34-30)14-28-19(6)23(10-11-31(37)38)32(36-28)20(7)25-12-16(3)24(33-25)13-29(21)35-27;/h12-15,19,23,33-34H,8-11H2,1-7H3,(H,37,38);. The molecule has 0 aromatic carbocycles. The summed E-state index contributed by atoms with van der Waals surface area (Å²) in [5.41, 5.74) is 15.4. The van der Waals surface area contributed by atoms with Crippen LogP contribution in [0.25, 0.3) is 33.2 Å². The summed E-state index contributed by atoms with van der Waals surface area (Å²) in [5, 5.41) is 9.45. The molecular weight excluding hydrogens is 538 g/mol. The number of nitrogens with one attached hydrogen (secondary N) is 2. The van der Waals surface area contributed by atoms with Crippen LogP contribution < -0.4 is 0 Å². The van der Waals surface area contributed by atoms with Crippen molar-refractivity contribution in [1.29, 1.82) is 0 Å². The number of nitrogens with zero attached hydrogens (tertiary/aromatic N) is 2. The average Bonchev–Trinajstić information content (AvgIpc) is 3.57. The fourth-order valence-electron chi connectivity index (χ4n) is 6.18. The van der Waals surface area contributed by atoms with Crippen LogP contribution in [0.5, 0.6) is 0 Å². The van der Waals surface area contributed by atoms with Gasteiger partial charge in [-0.05, 0) is 105 Å². The summed E-state index contributed by atoms with van der Waals surface area (Å²) in [4.78, 5) is 29.1. The number of fused-ring (bicyclic) bond motifs is 8. The number of hydrogen-bond acceptors (Lipinski definition) is 3. The van der Waals surface area contributed by atoms with Crippen molar-refractivity contribution in [2.75, 3.05) is 0 Å². The summed E-state index contributed by atoms with van der Waals surface area (Å²) in [6.45, 7) is 15.1. The van der Waals surface area contributed by atoms with Gasteiger partial charge in [-0.15, -0.1) is 0 Å². The Bertz CT molecular complexity index is 1640. The molecule has 0 radical (unpaired) electrons. The number of H-pyrrole nitrogens is 2. The third kappa shape index (κ3) is 5.14. The molecule has 0 amide bonds. The van der Waals surface area contributed by atoms with E-state index in [0.717, 1.165) is 68.8 Å². The van der Waals surface area contributed by atoms with Gasteiger partial charge >= 0.3 is 5.97 Å². The van der Waals surface area contributed by atoms with E-state index in [1.165, 1.54) is 22.3 Å². The van der Waals surface area contributed by atoms with Gasteiger partial charge in [0.2, 0.25) is 0 Å². The van der Waals surface area contributed by atoms with Crippen LogP contribution in [0.3, 0.4) is 0 Å². The number of aryl methyl sites for hydroxylation is 4. The minimum absolute atomic E-state index is 0. The minimum Gasteiger partial charge on any atom is -0.481 e. The van der Waals surface area contributed by atoms with Gasteiger partial charge in [0, 0.05) is 71.2 Å². The smallest absolute Gasteiger partial charge is 0.303 e. The van der Waals surface area contributed by atoms with Crippen molar-refractivity contribution in [1.82, 2.24) is 19.9 Å². The molecule has 0 aliphatic carbocycles. The Morgan fingerprint density at radius 3 is 2.21 bits per heavy atom. The van der Waals surface area contributed by atoms with Crippen molar-refractivity contribution in [2.24, 2.45) is 0 Å². The number of hydrogen-bond donors (Lipinski definition) is 3. The summed E-state index contributed by atoms with van der Waals surface area (Å²) in [7, 11) is 0. The maximum atomic E-state index is 11.5. The number of aromatic nitrogens is 4. The van der Waals surface area contributed by atoms with E-state index in [0.29, 0.717) is 6.42 Å². The molecule has 3 aromatic rings. The molecule has 3 N–H and O–H groups in total. The molecule has 8 bridgehead atoms. The molecule has 5 rings (SSSR count). The molecule has 0 fully saturated rings. The topological polar surface area (TPSA) is 94.7 Å². The first kappa shape index (κ1) is 28.9. The first-order chi connectivity index (χ1) is 18.1. The summed E-state index contributed by atoms with van der Waals surface area (Å²) in [5.74, 6) is -0.608. The van der Waals surface area contributed by atoms with Crippen LogP contribution in [0, 0.1) is 20.8 Å². The second-order valence-electron chi connectivity index (χ2n) is 10.8. The molecule has 200 valence electrons. The zero-order chi connectivity index (χ0) is 27.3. The number of carboxylic acid groups (broad SMARTS) is 1. The summed E-state index contributed by atoms with van der Waals surface area (Å²) < 4.78 is 0. The van der Waals surface area contributed by atoms with E-state index < -0.39 is 5.97 Å². The second kappa shape index (κ2) is 11.2. The molecule has 2 aliphatic rings. The Hall–Kier alpha value is -3.05. The van der Waals surface area contributed by atoms with Crippen LogP contribution in [0.2, 0.25) is 0 Å². The fourth-order valence-corrected chi connectivity index (χ4v) is 6.18. The van der Waals surface area contributed by atoms with Crippen LogP contribution in [0.1, 0.15) is 104 Å². The predicted octanol–water partition coefficient (Wildman–Crippen LogP) is 7.89. The zero-order valence-electron chi connectivity index (χ0n) is 24.2. The van der Waals surface area contributed by atoms with Crippen LogP contribution in [-0.2, 0) is 30.7 Å². The SMILES string of the molecule is CCC1=C(C)c2cc3[nH]c(cc4nc(c(C)c5cc(C)c(cc1n2)[nH]5)C(CCC(=O)O)C4C)c(C)c3CC.[Zn]. The number of rotatable bonds is 5. The molecule has 2 atom stereocenters. The van der Waals surface area contributed by atoms with Crippen molar-refractivity contribution >= 4 is 39.2 Å². The van der Waals surface area contributed by atoms with Gasteiger partial charge in [-0.1, -0.05) is 20.8 Å². The third-order valence-electron chi connectivity index (χ3n) is 8.58. The summed E-state index contributed by atoms with van der Waals surface area (Å²) in [6.07, 6.45) is 2.52. The van der Waals surface area contributed by atoms with E-state index in [-0.39, 0.29) is 37.7 Å². The molecule has 2 aliphatic heterocycles. The molecule has 6 nitrogen and oxygen atoms in total. The number of allylic oxidation sites excluding steroid dienone is 2. The van der Waals surface area contributed by atoms with E-state index in [2.05, 4.69) is 82.7 Å². The fraction of sp³-hybridized carbons (Fsp3) is 0.406. The van der Waals surface area contributed by atoms with Crippen molar-refractivity contribution in [2.45, 2.75) is 86.0 Å². The first-order valence-corrected chi connectivity index (χ1v) is 13.8. The Morgan fingerprint density at radius 1 is 0.872 bits per heavy atom. The molecule has 39 heavy (non-hydrogen) atoms. The number of carboxylic acids is 1. The Balaban J connectivity index is 0.00000353. The van der Waals surface area contributed by atoms with E-state index in [1.54, 1.807) is 0 Å². The van der Waals surface area contributed by atoms with Crippen LogP contribution in [0.4, 0.5) is 0 Å². The van der Waals surface area contributed by atoms with Crippen molar-refractivity contribution in [3.05, 3.63) is 69.3 Å². The quantitative estimate of drug-likeness (QED) is 0.270. The maximum absolute atomic E-state index is 11.5. The van der Waals surface area contributed by atoms with Crippen LogP contribution in [0.15, 0.2) is 24.3 Å². The van der Waals surface area contributed by atoms with E-state index >= 15 is 0 Å². The van der Waals surface area contributed by atoms with Gasteiger partial charge in [-0.3, -0.25) is 9.78 Å². The molecule has 0 spiro atoms.